The molecule has 3 saturated heterocycles. The van der Waals surface area contributed by atoms with Gasteiger partial charge in [0.2, 0.25) is 11.8 Å². The second-order valence-electron chi connectivity index (χ2n) is 17.1. The highest BCUT2D eigenvalue weighted by atomic mass is 35.5. The molecule has 0 spiro atoms. The molecule has 7 rings (SSSR count). The number of alkyl halides is 3. The van der Waals surface area contributed by atoms with Gasteiger partial charge in [0.25, 0.3) is 0 Å². The number of carbonyl (C=O) groups is 3. The number of ether oxygens (including phenoxy) is 1. The van der Waals surface area contributed by atoms with Crippen LogP contribution in [0, 0.1) is 23.2 Å². The van der Waals surface area contributed by atoms with Gasteiger partial charge in [0, 0.05) is 25.6 Å². The lowest BCUT2D eigenvalue weighted by Gasteiger charge is -2.64. The van der Waals surface area contributed by atoms with Gasteiger partial charge in [0.15, 0.2) is 0 Å². The average molecular weight is 755 g/mol. The van der Waals surface area contributed by atoms with Crippen molar-refractivity contribution in [2.45, 2.75) is 128 Å². The van der Waals surface area contributed by atoms with E-state index in [0.717, 1.165) is 37.8 Å². The molecule has 6 fully saturated rings. The van der Waals surface area contributed by atoms with E-state index in [-0.39, 0.29) is 48.8 Å². The van der Waals surface area contributed by atoms with Crippen LogP contribution in [0.3, 0.4) is 0 Å². The molecule has 0 unspecified atom stereocenters. The van der Waals surface area contributed by atoms with Gasteiger partial charge in [0.1, 0.15) is 11.6 Å². The van der Waals surface area contributed by atoms with Crippen LogP contribution in [-0.4, -0.2) is 90.3 Å². The van der Waals surface area contributed by atoms with Crippen molar-refractivity contribution in [3.05, 3.63) is 35.4 Å². The molecule has 10 nitrogen and oxygen atoms in total. The Kier molecular flexibility index (Phi) is 11.7. The van der Waals surface area contributed by atoms with E-state index < -0.39 is 60.0 Å². The molecule has 3 saturated carbocycles. The number of rotatable bonds is 9. The average Bonchev–Trinajstić information content (AvgIpc) is 3.79. The molecule has 290 valence electrons. The molecule has 3 N–H and O–H groups in total. The predicted octanol–water partition coefficient (Wildman–Crippen LogP) is 5.95. The molecule has 3 aliphatic heterocycles. The highest BCUT2D eigenvalue weighted by Gasteiger charge is 2.68. The molecule has 3 amide bonds. The Balaban J connectivity index is 0.00000523. The van der Waals surface area contributed by atoms with E-state index in [1.807, 2.05) is 0 Å². The van der Waals surface area contributed by atoms with Gasteiger partial charge >= 0.3 is 19.4 Å². The van der Waals surface area contributed by atoms with E-state index in [2.05, 4.69) is 26.1 Å². The number of hydrogen-bond donors (Lipinski definition) is 2. The maximum absolute atomic E-state index is 14.4. The molecular formula is C37H55BClF3N4O6. The van der Waals surface area contributed by atoms with Crippen LogP contribution in [0.5, 0.6) is 0 Å². The van der Waals surface area contributed by atoms with E-state index in [4.69, 9.17) is 19.8 Å². The highest BCUT2D eigenvalue weighted by molar-refractivity contribution is 6.47. The number of carbonyl (C=O) groups excluding carboxylic acids is 3. The molecule has 2 bridgehead atoms. The lowest BCUT2D eigenvalue weighted by atomic mass is 9.43. The minimum absolute atomic E-state index is 0. The van der Waals surface area contributed by atoms with Gasteiger partial charge in [-0.05, 0) is 102 Å². The normalized spacial score (nSPS) is 31.4. The van der Waals surface area contributed by atoms with E-state index in [1.165, 1.54) is 11.0 Å². The Morgan fingerprint density at radius 3 is 2.50 bits per heavy atom. The SMILES string of the molecule is CC(C)(C)OC(=O)N1C[C@@H](C(=O)N2CCC[C@H]2C(=O)N[C@@H](CCCCN)B2O[C@@H]3C[C@@H]4C[C@@H](C4(C)C)[C@]3(C)O2)[C@H](c2cccc(C(F)(F)F)c2)C1.Cl. The molecule has 6 aliphatic rings. The van der Waals surface area contributed by atoms with Crippen LogP contribution in [0.1, 0.15) is 104 Å². The summed E-state index contributed by atoms with van der Waals surface area (Å²) in [6, 6.07) is 4.14. The molecule has 15 heteroatoms. The fourth-order valence-corrected chi connectivity index (χ4v) is 9.46. The predicted molar refractivity (Wildman–Crippen MR) is 192 cm³/mol. The van der Waals surface area contributed by atoms with Gasteiger partial charge in [-0.15, -0.1) is 12.4 Å². The Hall–Kier alpha value is -2.55. The lowest BCUT2D eigenvalue weighted by Crippen LogP contribution is -2.65. The standard InChI is InChI=1S/C37H54BF3N4O6.ClH/c1-34(2,3)49-33(48)44-20-25(22-11-9-12-23(17-22)37(39,40)41)26(21-44)32(47)45-16-10-13-27(45)31(46)43-30(14-7-8-15-42)38-50-29-19-24-18-28(35(24,4)5)36(29,6)51-38;/h9,11-12,17,24-30H,7-8,10,13-16,18-21,42H2,1-6H3,(H,43,46);1H/t24-,25-,26+,27-,28-,29+,30-,36-;/m0./s1. The number of halogens is 4. The van der Waals surface area contributed by atoms with Gasteiger partial charge in [-0.25, -0.2) is 4.79 Å². The molecule has 3 aliphatic carbocycles. The van der Waals surface area contributed by atoms with E-state index in [1.54, 1.807) is 31.7 Å². The first-order chi connectivity index (χ1) is 23.8. The Bertz CT molecular complexity index is 1500. The van der Waals surface area contributed by atoms with Crippen molar-refractivity contribution >= 4 is 37.4 Å². The largest absolute Gasteiger partial charge is 0.481 e. The summed E-state index contributed by atoms with van der Waals surface area (Å²) in [5, 5.41) is 3.20. The van der Waals surface area contributed by atoms with Gasteiger partial charge in [-0.3, -0.25) is 9.59 Å². The maximum atomic E-state index is 14.4. The summed E-state index contributed by atoms with van der Waals surface area (Å²) in [5.74, 6) is -1.78. The lowest BCUT2D eigenvalue weighted by molar-refractivity contribution is -0.199. The third-order valence-electron chi connectivity index (χ3n) is 12.4. The van der Waals surface area contributed by atoms with Crippen molar-refractivity contribution in [3.8, 4) is 0 Å². The number of unbranched alkanes of at least 4 members (excludes halogenated alkanes) is 1. The minimum Gasteiger partial charge on any atom is -0.444 e. The summed E-state index contributed by atoms with van der Waals surface area (Å²) in [6.07, 6.45) is -0.0838. The second kappa shape index (κ2) is 14.9. The van der Waals surface area contributed by atoms with Gasteiger partial charge in [-0.1, -0.05) is 38.5 Å². The first kappa shape index (κ1) is 40.6. The summed E-state index contributed by atoms with van der Waals surface area (Å²) in [5.41, 5.74) is 4.20. The van der Waals surface area contributed by atoms with Crippen LogP contribution in [0.2, 0.25) is 0 Å². The number of amides is 3. The Morgan fingerprint density at radius 2 is 1.85 bits per heavy atom. The summed E-state index contributed by atoms with van der Waals surface area (Å²) < 4.78 is 60.1. The number of nitrogens with zero attached hydrogens (tertiary/aromatic N) is 2. The number of nitrogens with two attached hydrogens (primary N) is 1. The van der Waals surface area contributed by atoms with Gasteiger partial charge in [-0.2, -0.15) is 13.2 Å². The second-order valence-corrected chi connectivity index (χ2v) is 17.1. The number of benzene rings is 1. The first-order valence-electron chi connectivity index (χ1n) is 18.6. The van der Waals surface area contributed by atoms with Crippen LogP contribution in [0.25, 0.3) is 0 Å². The van der Waals surface area contributed by atoms with Crippen molar-refractivity contribution in [2.24, 2.45) is 28.9 Å². The summed E-state index contributed by atoms with van der Waals surface area (Å²) in [4.78, 5) is 44.7. The fraction of sp³-hybridized carbons (Fsp3) is 0.757. The van der Waals surface area contributed by atoms with Crippen molar-refractivity contribution in [1.82, 2.24) is 15.1 Å². The quantitative estimate of drug-likeness (QED) is 0.236. The zero-order chi connectivity index (χ0) is 37.1. The molecule has 52 heavy (non-hydrogen) atoms. The smallest absolute Gasteiger partial charge is 0.444 e. The summed E-state index contributed by atoms with van der Waals surface area (Å²) >= 11 is 0. The molecule has 1 aromatic rings. The first-order valence-corrected chi connectivity index (χ1v) is 18.6. The monoisotopic (exact) mass is 754 g/mol. The van der Waals surface area contributed by atoms with Crippen LogP contribution in [0.15, 0.2) is 24.3 Å². The van der Waals surface area contributed by atoms with E-state index in [9.17, 15) is 27.6 Å². The fourth-order valence-electron chi connectivity index (χ4n) is 9.46. The number of nitrogens with one attached hydrogen (secondary N) is 1. The van der Waals surface area contributed by atoms with Crippen molar-refractivity contribution in [2.75, 3.05) is 26.2 Å². The maximum Gasteiger partial charge on any atom is 0.481 e. The highest BCUT2D eigenvalue weighted by Crippen LogP contribution is 2.65. The zero-order valence-corrected chi connectivity index (χ0v) is 32.0. The minimum atomic E-state index is -4.57. The van der Waals surface area contributed by atoms with Crippen LogP contribution < -0.4 is 11.1 Å². The van der Waals surface area contributed by atoms with Gasteiger partial charge < -0.3 is 34.9 Å². The van der Waals surface area contributed by atoms with Crippen LogP contribution >= 0.6 is 12.4 Å². The van der Waals surface area contributed by atoms with Crippen LogP contribution in [-0.2, 0) is 29.8 Å². The third kappa shape index (κ3) is 7.82. The molecule has 3 heterocycles. The van der Waals surface area contributed by atoms with Crippen LogP contribution in [0.4, 0.5) is 18.0 Å². The zero-order valence-electron chi connectivity index (χ0n) is 31.2. The van der Waals surface area contributed by atoms with E-state index in [0.29, 0.717) is 49.8 Å². The van der Waals surface area contributed by atoms with Crippen molar-refractivity contribution in [3.63, 3.8) is 0 Å². The summed E-state index contributed by atoms with van der Waals surface area (Å²) in [6.45, 7) is 12.7. The van der Waals surface area contributed by atoms with Crippen molar-refractivity contribution < 1.29 is 41.6 Å². The molecule has 8 atom stereocenters. The van der Waals surface area contributed by atoms with Gasteiger partial charge in [0.05, 0.1) is 29.1 Å². The number of hydrogen-bond acceptors (Lipinski definition) is 7. The molecule has 0 radical (unpaired) electrons. The molecule has 1 aromatic carbocycles. The Labute approximate surface area is 311 Å². The number of likely N-dealkylation sites (tertiary alicyclic amines) is 2. The Morgan fingerprint density at radius 1 is 1.12 bits per heavy atom. The molecular weight excluding hydrogens is 700 g/mol. The molecule has 0 aromatic heterocycles. The summed E-state index contributed by atoms with van der Waals surface area (Å²) in [7, 11) is -0.634. The van der Waals surface area contributed by atoms with E-state index >= 15 is 0 Å². The van der Waals surface area contributed by atoms with Crippen molar-refractivity contribution in [1.29, 1.82) is 0 Å². The third-order valence-corrected chi connectivity index (χ3v) is 12.4. The topological polar surface area (TPSA) is 123 Å².